The van der Waals surface area contributed by atoms with Gasteiger partial charge in [-0.3, -0.25) is 20.0 Å². The monoisotopic (exact) mass is 289 g/mol. The fourth-order valence-electron chi connectivity index (χ4n) is 2.02. The fourth-order valence-corrected chi connectivity index (χ4v) is 2.02. The molecule has 1 aromatic rings. The smallest absolute Gasteiger partial charge is 0.244 e. The first-order valence-corrected chi connectivity index (χ1v) is 6.76. The average molecular weight is 289 g/mol. The molecule has 2 rings (SSSR count). The third-order valence-corrected chi connectivity index (χ3v) is 3.28. The van der Waals surface area contributed by atoms with E-state index in [0.717, 1.165) is 17.0 Å². The van der Waals surface area contributed by atoms with Gasteiger partial charge in [0.05, 0.1) is 19.4 Å². The highest BCUT2D eigenvalue weighted by molar-refractivity contribution is 5.84. The summed E-state index contributed by atoms with van der Waals surface area (Å²) in [4.78, 5) is 23.1. The molecule has 2 N–H and O–H groups in total. The standard InChI is InChI=1S/C15H19N3O3/c1-16-14(19)9-10-18-15(20)8-7-13(17-18)11-3-5-12(21-2)6-4-11/h3-7,17H,8-10H2,1-2H3,(H,16,19). The molecule has 6 heteroatoms. The van der Waals surface area contributed by atoms with E-state index in [1.165, 1.54) is 5.01 Å². The van der Waals surface area contributed by atoms with Gasteiger partial charge in [0.25, 0.3) is 0 Å². The number of hydrazine groups is 1. The van der Waals surface area contributed by atoms with Crippen molar-refractivity contribution in [1.82, 2.24) is 15.8 Å². The van der Waals surface area contributed by atoms with Crippen molar-refractivity contribution in [3.63, 3.8) is 0 Å². The first kappa shape index (κ1) is 14.9. The van der Waals surface area contributed by atoms with Gasteiger partial charge in [-0.2, -0.15) is 0 Å². The van der Waals surface area contributed by atoms with Crippen LogP contribution in [-0.4, -0.2) is 37.5 Å². The molecule has 1 aliphatic heterocycles. The van der Waals surface area contributed by atoms with Crippen LogP contribution in [0.3, 0.4) is 0 Å². The first-order chi connectivity index (χ1) is 10.1. The van der Waals surface area contributed by atoms with Crippen molar-refractivity contribution in [2.45, 2.75) is 12.8 Å². The number of carbonyl (C=O) groups excluding carboxylic acids is 2. The third-order valence-electron chi connectivity index (χ3n) is 3.28. The summed E-state index contributed by atoms with van der Waals surface area (Å²) in [6.07, 6.45) is 2.44. The molecule has 0 aromatic heterocycles. The molecule has 1 aromatic carbocycles. The van der Waals surface area contributed by atoms with Crippen LogP contribution in [0.5, 0.6) is 5.75 Å². The summed E-state index contributed by atoms with van der Waals surface area (Å²) < 4.78 is 5.12. The summed E-state index contributed by atoms with van der Waals surface area (Å²) in [5.74, 6) is 0.643. The number of rotatable bonds is 5. The SMILES string of the molecule is CNC(=O)CCN1NC(c2ccc(OC)cc2)=CCC1=O. The maximum absolute atomic E-state index is 11.8. The molecule has 2 amide bonds. The summed E-state index contributed by atoms with van der Waals surface area (Å²) in [6, 6.07) is 7.57. The largest absolute Gasteiger partial charge is 0.497 e. The quantitative estimate of drug-likeness (QED) is 0.845. The van der Waals surface area contributed by atoms with E-state index in [-0.39, 0.29) is 18.2 Å². The van der Waals surface area contributed by atoms with Crippen LogP contribution in [0.25, 0.3) is 5.70 Å². The lowest BCUT2D eigenvalue weighted by atomic mass is 10.1. The van der Waals surface area contributed by atoms with Crippen LogP contribution in [0.1, 0.15) is 18.4 Å². The molecule has 1 aliphatic rings. The Bertz CT molecular complexity index is 552. The number of nitrogens with zero attached hydrogens (tertiary/aromatic N) is 1. The van der Waals surface area contributed by atoms with Gasteiger partial charge in [-0.25, -0.2) is 0 Å². The van der Waals surface area contributed by atoms with Crippen molar-refractivity contribution in [2.75, 3.05) is 20.7 Å². The Morgan fingerprint density at radius 1 is 1.38 bits per heavy atom. The number of ether oxygens (including phenoxy) is 1. The average Bonchev–Trinajstić information content (AvgIpc) is 2.54. The van der Waals surface area contributed by atoms with Gasteiger partial charge in [0, 0.05) is 19.9 Å². The minimum Gasteiger partial charge on any atom is -0.497 e. The van der Waals surface area contributed by atoms with Crippen molar-refractivity contribution in [3.8, 4) is 5.75 Å². The van der Waals surface area contributed by atoms with Crippen LogP contribution in [0.4, 0.5) is 0 Å². The number of hydrogen-bond acceptors (Lipinski definition) is 4. The highest BCUT2D eigenvalue weighted by Crippen LogP contribution is 2.20. The zero-order chi connectivity index (χ0) is 15.2. The Hall–Kier alpha value is -2.50. The van der Waals surface area contributed by atoms with Gasteiger partial charge in [0.2, 0.25) is 11.8 Å². The van der Waals surface area contributed by atoms with E-state index in [9.17, 15) is 9.59 Å². The third kappa shape index (κ3) is 3.75. The summed E-state index contributed by atoms with van der Waals surface area (Å²) in [5, 5.41) is 4.02. The minimum absolute atomic E-state index is 0.0452. The van der Waals surface area contributed by atoms with Gasteiger partial charge >= 0.3 is 0 Å². The van der Waals surface area contributed by atoms with Gasteiger partial charge in [0.1, 0.15) is 5.75 Å². The topological polar surface area (TPSA) is 70.7 Å². The van der Waals surface area contributed by atoms with Crippen LogP contribution in [0, 0.1) is 0 Å². The van der Waals surface area contributed by atoms with E-state index < -0.39 is 0 Å². The molecule has 0 radical (unpaired) electrons. The maximum Gasteiger partial charge on any atom is 0.244 e. The zero-order valence-corrected chi connectivity index (χ0v) is 12.2. The molecule has 0 saturated heterocycles. The lowest BCUT2D eigenvalue weighted by Crippen LogP contribution is -2.45. The second-order valence-corrected chi connectivity index (χ2v) is 4.63. The van der Waals surface area contributed by atoms with Crippen molar-refractivity contribution in [1.29, 1.82) is 0 Å². The van der Waals surface area contributed by atoms with Gasteiger partial charge in [-0.05, 0) is 35.9 Å². The molecule has 1 heterocycles. The number of benzene rings is 1. The molecular weight excluding hydrogens is 270 g/mol. The van der Waals surface area contributed by atoms with Gasteiger partial charge in [-0.1, -0.05) is 0 Å². The Morgan fingerprint density at radius 2 is 2.10 bits per heavy atom. The highest BCUT2D eigenvalue weighted by Gasteiger charge is 2.20. The maximum atomic E-state index is 11.8. The van der Waals surface area contributed by atoms with Crippen molar-refractivity contribution < 1.29 is 14.3 Å². The molecule has 0 fully saturated rings. The first-order valence-electron chi connectivity index (χ1n) is 6.76. The lowest BCUT2D eigenvalue weighted by Gasteiger charge is -2.29. The van der Waals surface area contributed by atoms with Crippen molar-refractivity contribution in [2.24, 2.45) is 0 Å². The summed E-state index contributed by atoms with van der Waals surface area (Å²) in [7, 11) is 3.20. The second kappa shape index (κ2) is 6.78. The lowest BCUT2D eigenvalue weighted by molar-refractivity contribution is -0.133. The molecule has 0 aliphatic carbocycles. The normalized spacial score (nSPS) is 14.3. The van der Waals surface area contributed by atoms with Gasteiger partial charge in [-0.15, -0.1) is 0 Å². The van der Waals surface area contributed by atoms with Crippen molar-refractivity contribution in [3.05, 3.63) is 35.9 Å². The van der Waals surface area contributed by atoms with E-state index in [4.69, 9.17) is 4.74 Å². The van der Waals surface area contributed by atoms with Crippen LogP contribution < -0.4 is 15.5 Å². The Morgan fingerprint density at radius 3 is 2.71 bits per heavy atom. The number of amides is 2. The molecule has 0 spiro atoms. The molecular formula is C15H19N3O3. The van der Waals surface area contributed by atoms with Crippen LogP contribution >= 0.6 is 0 Å². The van der Waals surface area contributed by atoms with Gasteiger partial charge < -0.3 is 10.1 Å². The second-order valence-electron chi connectivity index (χ2n) is 4.63. The Labute approximate surface area is 123 Å². The molecule has 0 atom stereocenters. The zero-order valence-electron chi connectivity index (χ0n) is 12.2. The molecule has 0 unspecified atom stereocenters. The highest BCUT2D eigenvalue weighted by atomic mass is 16.5. The number of nitrogens with one attached hydrogen (secondary N) is 2. The van der Waals surface area contributed by atoms with E-state index in [1.54, 1.807) is 14.2 Å². The Balaban J connectivity index is 2.04. The van der Waals surface area contributed by atoms with E-state index in [2.05, 4.69) is 10.7 Å². The minimum atomic E-state index is -0.0925. The van der Waals surface area contributed by atoms with Crippen LogP contribution in [0.15, 0.2) is 30.3 Å². The van der Waals surface area contributed by atoms with E-state index in [1.807, 2.05) is 30.3 Å². The van der Waals surface area contributed by atoms with Crippen LogP contribution in [-0.2, 0) is 9.59 Å². The summed E-state index contributed by atoms with van der Waals surface area (Å²) >= 11 is 0. The van der Waals surface area contributed by atoms with E-state index >= 15 is 0 Å². The summed E-state index contributed by atoms with van der Waals surface area (Å²) in [5.41, 5.74) is 4.88. The predicted octanol–water partition coefficient (Wildman–Crippen LogP) is 0.909. The fraction of sp³-hybridized carbons (Fsp3) is 0.333. The molecule has 112 valence electrons. The molecule has 21 heavy (non-hydrogen) atoms. The van der Waals surface area contributed by atoms with Crippen molar-refractivity contribution >= 4 is 17.5 Å². The van der Waals surface area contributed by atoms with E-state index in [0.29, 0.717) is 13.0 Å². The van der Waals surface area contributed by atoms with Gasteiger partial charge in [0.15, 0.2) is 0 Å². The molecule has 6 nitrogen and oxygen atoms in total. The predicted molar refractivity (Wildman–Crippen MR) is 79.1 cm³/mol. The molecule has 0 saturated carbocycles. The summed E-state index contributed by atoms with van der Waals surface area (Å²) in [6.45, 7) is 0.339. The van der Waals surface area contributed by atoms with Crippen LogP contribution in [0.2, 0.25) is 0 Å². The number of hydrogen-bond donors (Lipinski definition) is 2. The number of methoxy groups -OCH3 is 1. The number of carbonyl (C=O) groups is 2. The Kier molecular flexibility index (Phi) is 4.81. The molecule has 0 bridgehead atoms.